The highest BCUT2D eigenvalue weighted by Gasteiger charge is 2.26. The van der Waals surface area contributed by atoms with E-state index in [0.29, 0.717) is 25.1 Å². The maximum Gasteiger partial charge on any atom is 0.251 e. The van der Waals surface area contributed by atoms with Crippen molar-refractivity contribution in [2.45, 2.75) is 39.3 Å². The highest BCUT2D eigenvalue weighted by Crippen LogP contribution is 2.26. The van der Waals surface area contributed by atoms with Gasteiger partial charge in [0.1, 0.15) is 12.4 Å². The standard InChI is InChI=1S/C23H27N7O2/c1-3-15(2)21(23(32)24-11-6-12-30-14-25-28-29-30)27-22(31)16-9-10-20-18(13-16)17-7-4-5-8-19(17)26-20/h4-5,7-10,13-15,21,26H,3,6,11-12H2,1-2H3,(H,24,32)(H,27,31)/t15?,21-/m0/s1. The van der Waals surface area contributed by atoms with Crippen LogP contribution in [0.4, 0.5) is 0 Å². The van der Waals surface area contributed by atoms with Gasteiger partial charge in [-0.15, -0.1) is 5.10 Å². The summed E-state index contributed by atoms with van der Waals surface area (Å²) >= 11 is 0. The van der Waals surface area contributed by atoms with Gasteiger partial charge in [-0.1, -0.05) is 38.5 Å². The smallest absolute Gasteiger partial charge is 0.251 e. The topological polar surface area (TPSA) is 118 Å². The van der Waals surface area contributed by atoms with Gasteiger partial charge >= 0.3 is 0 Å². The first-order chi connectivity index (χ1) is 15.6. The van der Waals surface area contributed by atoms with Gasteiger partial charge in [-0.2, -0.15) is 0 Å². The molecule has 1 unspecified atom stereocenters. The van der Waals surface area contributed by atoms with E-state index in [4.69, 9.17) is 0 Å². The molecule has 32 heavy (non-hydrogen) atoms. The Bertz CT molecular complexity index is 1220. The molecule has 2 heterocycles. The number of tetrazole rings is 1. The summed E-state index contributed by atoms with van der Waals surface area (Å²) in [6.45, 7) is 5.06. The first-order valence-electron chi connectivity index (χ1n) is 10.9. The average Bonchev–Trinajstić information content (AvgIpc) is 3.46. The normalized spacial score (nSPS) is 13.2. The lowest BCUT2D eigenvalue weighted by Crippen LogP contribution is -2.50. The molecule has 4 rings (SSSR count). The summed E-state index contributed by atoms with van der Waals surface area (Å²) < 4.78 is 1.61. The minimum Gasteiger partial charge on any atom is -0.355 e. The summed E-state index contributed by atoms with van der Waals surface area (Å²) in [5.41, 5.74) is 2.53. The lowest BCUT2D eigenvalue weighted by Gasteiger charge is -2.23. The lowest BCUT2D eigenvalue weighted by atomic mass is 9.97. The molecule has 0 spiro atoms. The van der Waals surface area contributed by atoms with Gasteiger partial charge in [-0.05, 0) is 47.0 Å². The molecular weight excluding hydrogens is 406 g/mol. The van der Waals surface area contributed by atoms with Crippen molar-refractivity contribution >= 4 is 33.6 Å². The molecule has 2 amide bonds. The van der Waals surface area contributed by atoms with Crippen LogP contribution in [-0.2, 0) is 11.3 Å². The number of rotatable bonds is 9. The molecule has 0 aliphatic heterocycles. The maximum atomic E-state index is 13.0. The number of nitrogens with one attached hydrogen (secondary N) is 3. The maximum absolute atomic E-state index is 13.0. The molecule has 0 radical (unpaired) electrons. The number of benzene rings is 2. The van der Waals surface area contributed by atoms with Gasteiger partial charge in [0.2, 0.25) is 5.91 Å². The number of H-pyrrole nitrogens is 1. The second-order valence-electron chi connectivity index (χ2n) is 7.99. The fourth-order valence-electron chi connectivity index (χ4n) is 3.76. The fourth-order valence-corrected chi connectivity index (χ4v) is 3.76. The summed E-state index contributed by atoms with van der Waals surface area (Å²) in [6.07, 6.45) is 2.99. The van der Waals surface area contributed by atoms with E-state index in [2.05, 4.69) is 31.1 Å². The van der Waals surface area contributed by atoms with E-state index in [-0.39, 0.29) is 17.7 Å². The molecule has 166 valence electrons. The number of carbonyl (C=O) groups excluding carboxylic acids is 2. The first-order valence-corrected chi connectivity index (χ1v) is 10.9. The molecular formula is C23H27N7O2. The van der Waals surface area contributed by atoms with E-state index in [1.54, 1.807) is 10.7 Å². The summed E-state index contributed by atoms with van der Waals surface area (Å²) in [4.78, 5) is 29.2. The van der Waals surface area contributed by atoms with Crippen molar-refractivity contribution in [1.82, 2.24) is 35.8 Å². The fraction of sp³-hybridized carbons (Fsp3) is 0.348. The third-order valence-electron chi connectivity index (χ3n) is 5.81. The van der Waals surface area contributed by atoms with Crippen LogP contribution >= 0.6 is 0 Å². The van der Waals surface area contributed by atoms with Crippen LogP contribution in [0.15, 0.2) is 48.8 Å². The number of aromatic amines is 1. The second kappa shape index (κ2) is 9.59. The molecule has 9 nitrogen and oxygen atoms in total. The number of hydrogen-bond acceptors (Lipinski definition) is 5. The van der Waals surface area contributed by atoms with Crippen LogP contribution in [0.3, 0.4) is 0 Å². The second-order valence-corrected chi connectivity index (χ2v) is 7.99. The molecule has 3 N–H and O–H groups in total. The molecule has 0 saturated heterocycles. The van der Waals surface area contributed by atoms with Crippen molar-refractivity contribution in [3.05, 3.63) is 54.4 Å². The van der Waals surface area contributed by atoms with Gasteiger partial charge in [-0.25, -0.2) is 4.68 Å². The number of aromatic nitrogens is 5. The minimum atomic E-state index is -0.612. The lowest BCUT2D eigenvalue weighted by molar-refractivity contribution is -0.124. The third-order valence-corrected chi connectivity index (χ3v) is 5.81. The Hall–Kier alpha value is -3.75. The van der Waals surface area contributed by atoms with Gasteiger partial charge in [-0.3, -0.25) is 9.59 Å². The summed E-state index contributed by atoms with van der Waals surface area (Å²) in [5.74, 6) is -0.445. The van der Waals surface area contributed by atoms with Gasteiger partial charge in [0.15, 0.2) is 0 Å². The number of nitrogens with zero attached hydrogens (tertiary/aromatic N) is 4. The number of amides is 2. The zero-order valence-electron chi connectivity index (χ0n) is 18.2. The number of aryl methyl sites for hydroxylation is 1. The van der Waals surface area contributed by atoms with Gasteiger partial charge in [0, 0.05) is 40.5 Å². The zero-order chi connectivity index (χ0) is 22.5. The Labute approximate surface area is 185 Å². The number of fused-ring (bicyclic) bond motifs is 3. The number of hydrogen-bond donors (Lipinski definition) is 3. The largest absolute Gasteiger partial charge is 0.355 e. The van der Waals surface area contributed by atoms with Crippen LogP contribution in [-0.4, -0.2) is 49.6 Å². The zero-order valence-corrected chi connectivity index (χ0v) is 18.2. The van der Waals surface area contributed by atoms with Crippen molar-refractivity contribution in [2.24, 2.45) is 5.92 Å². The number of carbonyl (C=O) groups is 2. The summed E-state index contributed by atoms with van der Waals surface area (Å²) in [7, 11) is 0. The Kier molecular flexibility index (Phi) is 6.44. The molecule has 9 heteroatoms. The molecule has 0 aliphatic carbocycles. The van der Waals surface area contributed by atoms with Crippen LogP contribution in [0, 0.1) is 5.92 Å². The molecule has 0 saturated carbocycles. The van der Waals surface area contributed by atoms with Gasteiger partial charge in [0.25, 0.3) is 5.91 Å². The van der Waals surface area contributed by atoms with Crippen molar-refractivity contribution < 1.29 is 9.59 Å². The molecule has 2 aromatic heterocycles. The van der Waals surface area contributed by atoms with Crippen LogP contribution in [0.25, 0.3) is 21.8 Å². The average molecular weight is 434 g/mol. The van der Waals surface area contributed by atoms with Crippen LogP contribution in [0.5, 0.6) is 0 Å². The third kappa shape index (κ3) is 4.61. The first kappa shape index (κ1) is 21.5. The van der Waals surface area contributed by atoms with E-state index in [1.807, 2.05) is 50.2 Å². The predicted octanol–water partition coefficient (Wildman–Crippen LogP) is 2.66. The van der Waals surface area contributed by atoms with Crippen LogP contribution in [0.1, 0.15) is 37.0 Å². The molecule has 2 aromatic carbocycles. The van der Waals surface area contributed by atoms with E-state index in [9.17, 15) is 9.59 Å². The molecule has 0 bridgehead atoms. The Morgan fingerprint density at radius 1 is 1.12 bits per heavy atom. The van der Waals surface area contributed by atoms with E-state index >= 15 is 0 Å². The molecule has 0 fully saturated rings. The van der Waals surface area contributed by atoms with Crippen LogP contribution in [0.2, 0.25) is 0 Å². The number of para-hydroxylation sites is 1. The monoisotopic (exact) mass is 433 g/mol. The summed E-state index contributed by atoms with van der Waals surface area (Å²) in [5, 5.41) is 18.9. The van der Waals surface area contributed by atoms with Gasteiger partial charge in [0.05, 0.1) is 0 Å². The van der Waals surface area contributed by atoms with Crippen LogP contribution < -0.4 is 10.6 Å². The Morgan fingerprint density at radius 3 is 2.72 bits per heavy atom. The molecule has 0 aliphatic rings. The Morgan fingerprint density at radius 2 is 1.94 bits per heavy atom. The van der Waals surface area contributed by atoms with Crippen molar-refractivity contribution in [3.63, 3.8) is 0 Å². The summed E-state index contributed by atoms with van der Waals surface area (Å²) in [6, 6.07) is 12.9. The highest BCUT2D eigenvalue weighted by atomic mass is 16.2. The van der Waals surface area contributed by atoms with E-state index in [0.717, 1.165) is 28.2 Å². The van der Waals surface area contributed by atoms with Crippen molar-refractivity contribution in [1.29, 1.82) is 0 Å². The molecule has 4 aromatic rings. The van der Waals surface area contributed by atoms with Gasteiger partial charge < -0.3 is 15.6 Å². The van der Waals surface area contributed by atoms with Crippen molar-refractivity contribution in [2.75, 3.05) is 6.54 Å². The molecule has 2 atom stereocenters. The SMILES string of the molecule is CCC(C)[C@H](NC(=O)c1ccc2[nH]c3ccccc3c2c1)C(=O)NCCCn1cnnn1. The predicted molar refractivity (Wildman–Crippen MR) is 122 cm³/mol. The highest BCUT2D eigenvalue weighted by molar-refractivity contribution is 6.10. The quantitative estimate of drug-likeness (QED) is 0.351. The Balaban J connectivity index is 1.44. The van der Waals surface area contributed by atoms with E-state index < -0.39 is 6.04 Å². The van der Waals surface area contributed by atoms with Crippen molar-refractivity contribution in [3.8, 4) is 0 Å². The minimum absolute atomic E-state index is 0.00437. The van der Waals surface area contributed by atoms with E-state index in [1.165, 1.54) is 6.33 Å².